The van der Waals surface area contributed by atoms with Crippen LogP contribution in [0.25, 0.3) is 0 Å². The van der Waals surface area contributed by atoms with Gasteiger partial charge in [0.05, 0.1) is 24.3 Å². The number of hydrogen-bond donors (Lipinski definition) is 0. The number of likely N-dealkylation sites (tertiary alicyclic amines) is 1. The first kappa shape index (κ1) is 34.9. The lowest BCUT2D eigenvalue weighted by molar-refractivity contribution is -0.175. The van der Waals surface area contributed by atoms with Gasteiger partial charge in [-0.2, -0.15) is 0 Å². The number of carbonyl (C=O) groups is 4. The molecule has 3 fully saturated rings. The summed E-state index contributed by atoms with van der Waals surface area (Å²) in [5.41, 5.74) is 0.305. The van der Waals surface area contributed by atoms with Crippen LogP contribution in [0.2, 0.25) is 0 Å². The van der Waals surface area contributed by atoms with E-state index in [0.717, 1.165) is 16.7 Å². The van der Waals surface area contributed by atoms with Crippen LogP contribution in [0, 0.1) is 23.2 Å². The highest BCUT2D eigenvalue weighted by molar-refractivity contribution is 6.23. The van der Waals surface area contributed by atoms with Crippen molar-refractivity contribution >= 4 is 29.4 Å². The maximum atomic E-state index is 15.3. The molecule has 1 saturated heterocycles. The molecule has 9 nitrogen and oxygen atoms in total. The Labute approximate surface area is 309 Å². The molecule has 4 aliphatic rings. The van der Waals surface area contributed by atoms with E-state index >= 15 is 9.59 Å². The van der Waals surface area contributed by atoms with Gasteiger partial charge in [-0.3, -0.25) is 19.2 Å². The number of esters is 1. The number of rotatable bonds is 10. The highest BCUT2D eigenvalue weighted by atomic mass is 16.5. The number of anilines is 1. The Morgan fingerprint density at radius 2 is 1.40 bits per heavy atom. The van der Waals surface area contributed by atoms with E-state index in [-0.39, 0.29) is 37.4 Å². The lowest BCUT2D eigenvalue weighted by Crippen LogP contribution is -2.64. The zero-order valence-electron chi connectivity index (χ0n) is 30.4. The number of ether oxygens (including phenoxy) is 3. The predicted octanol–water partition coefficient (Wildman–Crippen LogP) is 6.04. The monoisotopic (exact) mass is 712 g/mol. The second-order valence-electron chi connectivity index (χ2n) is 15.0. The van der Waals surface area contributed by atoms with Gasteiger partial charge in [0.2, 0.25) is 17.7 Å². The first-order chi connectivity index (χ1) is 25.6. The molecule has 2 aliphatic heterocycles. The fourth-order valence-electron chi connectivity index (χ4n) is 10.9. The maximum Gasteiger partial charge on any atom is 0.302 e. The molecule has 272 valence electrons. The minimum atomic E-state index is -1.53. The van der Waals surface area contributed by atoms with E-state index in [1.165, 1.54) is 18.7 Å². The molecule has 4 bridgehead atoms. The molecular formula is C44H44N2O7. The smallest absolute Gasteiger partial charge is 0.302 e. The normalized spacial score (nSPS) is 28.4. The number of para-hydroxylation sites is 1. The molecule has 2 aliphatic carbocycles. The van der Waals surface area contributed by atoms with Crippen molar-refractivity contribution in [2.24, 2.45) is 23.2 Å². The zero-order valence-corrected chi connectivity index (χ0v) is 30.4. The number of fused-ring (bicyclic) bond motifs is 2. The highest BCUT2D eigenvalue weighted by Crippen LogP contribution is 2.73. The lowest BCUT2D eigenvalue weighted by Gasteiger charge is -2.52. The third-order valence-corrected chi connectivity index (χ3v) is 12.7. The third kappa shape index (κ3) is 4.90. The summed E-state index contributed by atoms with van der Waals surface area (Å²) in [5, 5.41) is 0. The van der Waals surface area contributed by atoms with Gasteiger partial charge < -0.3 is 19.1 Å². The van der Waals surface area contributed by atoms with Gasteiger partial charge in [-0.1, -0.05) is 109 Å². The van der Waals surface area contributed by atoms with Crippen molar-refractivity contribution in [2.75, 3.05) is 25.7 Å². The minimum absolute atomic E-state index is 0.0497. The number of hydrogen-bond acceptors (Lipinski definition) is 7. The summed E-state index contributed by atoms with van der Waals surface area (Å²) in [4.78, 5) is 59.8. The Kier molecular flexibility index (Phi) is 8.62. The van der Waals surface area contributed by atoms with E-state index in [1.807, 2.05) is 85.9 Å². The molecule has 3 amide bonds. The van der Waals surface area contributed by atoms with Crippen molar-refractivity contribution in [3.8, 4) is 0 Å². The van der Waals surface area contributed by atoms with Crippen molar-refractivity contribution in [3.05, 3.63) is 138 Å². The number of carbonyl (C=O) groups excluding carboxylic acids is 4. The average molecular weight is 713 g/mol. The number of amides is 3. The molecule has 0 unspecified atom stereocenters. The molecule has 9 heteroatoms. The first-order valence-corrected chi connectivity index (χ1v) is 18.3. The third-order valence-electron chi connectivity index (χ3n) is 12.7. The SMILES string of the molecule is COC(C[C@@H]1[C@H]2[C@@H]3[C@](COCc4ccccc4)(C(=O)N2C)[C@H]1C[C@@H](OC(C)=O)[C@]31C(=O)N(C(C)=O)c2ccccc21)(c1ccccc1)c1ccccc1. The van der Waals surface area contributed by atoms with Gasteiger partial charge in [0, 0.05) is 40.0 Å². The second kappa shape index (κ2) is 13.1. The average Bonchev–Trinajstić information content (AvgIpc) is 3.64. The topological polar surface area (TPSA) is 102 Å². The molecule has 4 aromatic carbocycles. The number of methoxy groups -OCH3 is 1. The first-order valence-electron chi connectivity index (χ1n) is 18.3. The number of imide groups is 1. The maximum absolute atomic E-state index is 15.3. The fourth-order valence-corrected chi connectivity index (χ4v) is 10.9. The van der Waals surface area contributed by atoms with Gasteiger partial charge in [-0.15, -0.1) is 0 Å². The predicted molar refractivity (Wildman–Crippen MR) is 197 cm³/mol. The Bertz CT molecular complexity index is 2020. The fraction of sp³-hybridized carbons (Fsp3) is 0.364. The highest BCUT2D eigenvalue weighted by Gasteiger charge is 2.84. The van der Waals surface area contributed by atoms with Crippen molar-refractivity contribution < 1.29 is 33.4 Å². The van der Waals surface area contributed by atoms with Crippen LogP contribution in [0.4, 0.5) is 5.69 Å². The molecule has 53 heavy (non-hydrogen) atoms. The van der Waals surface area contributed by atoms with E-state index in [9.17, 15) is 9.59 Å². The lowest BCUT2D eigenvalue weighted by atomic mass is 9.51. The van der Waals surface area contributed by atoms with E-state index < -0.39 is 52.3 Å². The van der Waals surface area contributed by atoms with E-state index in [0.29, 0.717) is 17.7 Å². The summed E-state index contributed by atoms with van der Waals surface area (Å²) >= 11 is 0. The van der Waals surface area contributed by atoms with Gasteiger partial charge in [0.15, 0.2) is 0 Å². The zero-order chi connectivity index (χ0) is 37.1. The molecule has 4 aromatic rings. The number of nitrogens with zero attached hydrogens (tertiary/aromatic N) is 2. The molecule has 2 heterocycles. The van der Waals surface area contributed by atoms with Crippen LogP contribution < -0.4 is 4.90 Å². The van der Waals surface area contributed by atoms with Crippen LogP contribution >= 0.6 is 0 Å². The molecule has 8 rings (SSSR count). The van der Waals surface area contributed by atoms with Crippen molar-refractivity contribution in [2.45, 2.75) is 56.5 Å². The van der Waals surface area contributed by atoms with Gasteiger partial charge in [-0.25, -0.2) is 4.90 Å². The molecule has 1 spiro atoms. The van der Waals surface area contributed by atoms with Gasteiger partial charge in [0.25, 0.3) is 0 Å². The summed E-state index contributed by atoms with van der Waals surface area (Å²) in [6.45, 7) is 3.04. The van der Waals surface area contributed by atoms with Crippen LogP contribution in [-0.4, -0.2) is 61.5 Å². The van der Waals surface area contributed by atoms with E-state index in [1.54, 1.807) is 24.1 Å². The standard InChI is InChI=1S/C44H44N2O7/c1-28(47)46-36-23-15-14-22-34(36)44(41(46)50)37(53-29(2)48)24-35-33(25-43(51-4,31-18-10-6-11-19-31)32-20-12-7-13-21-32)38-39(44)42(35,40(49)45(38)3)27-52-26-30-16-8-5-9-17-30/h5-23,33,35,37-39H,24-27H2,1-4H3/t33-,35-,37+,38-,39+,42+,44-/m0/s1. The van der Waals surface area contributed by atoms with Crippen molar-refractivity contribution in [3.63, 3.8) is 0 Å². The molecule has 0 N–H and O–H groups in total. The second-order valence-corrected chi connectivity index (χ2v) is 15.0. The van der Waals surface area contributed by atoms with Crippen molar-refractivity contribution in [1.82, 2.24) is 4.90 Å². The molecule has 7 atom stereocenters. The van der Waals surface area contributed by atoms with E-state index in [4.69, 9.17) is 14.2 Å². The van der Waals surface area contributed by atoms with Crippen LogP contribution in [0.1, 0.15) is 48.9 Å². The van der Waals surface area contributed by atoms with Crippen LogP contribution in [-0.2, 0) is 51.0 Å². The van der Waals surface area contributed by atoms with Gasteiger partial charge in [0.1, 0.15) is 17.1 Å². The van der Waals surface area contributed by atoms with Crippen molar-refractivity contribution in [1.29, 1.82) is 0 Å². The van der Waals surface area contributed by atoms with Crippen LogP contribution in [0.5, 0.6) is 0 Å². The molecule has 2 saturated carbocycles. The van der Waals surface area contributed by atoms with Crippen LogP contribution in [0.3, 0.4) is 0 Å². The molecule has 0 radical (unpaired) electrons. The minimum Gasteiger partial charge on any atom is -0.461 e. The summed E-state index contributed by atoms with van der Waals surface area (Å²) in [5.74, 6) is -2.82. The quantitative estimate of drug-likeness (QED) is 0.185. The Hall–Kier alpha value is -5.12. The number of benzene rings is 4. The summed E-state index contributed by atoms with van der Waals surface area (Å²) in [7, 11) is 3.53. The Morgan fingerprint density at radius 3 is 1.98 bits per heavy atom. The largest absolute Gasteiger partial charge is 0.461 e. The van der Waals surface area contributed by atoms with Crippen LogP contribution in [0.15, 0.2) is 115 Å². The van der Waals surface area contributed by atoms with Gasteiger partial charge in [-0.05, 0) is 53.0 Å². The summed E-state index contributed by atoms with van der Waals surface area (Å²) in [6.07, 6.45) is -0.246. The Balaban J connectivity index is 1.36. The summed E-state index contributed by atoms with van der Waals surface area (Å²) in [6, 6.07) is 36.8. The molecule has 0 aromatic heterocycles. The molecular weight excluding hydrogens is 668 g/mol. The van der Waals surface area contributed by atoms with Gasteiger partial charge >= 0.3 is 5.97 Å². The number of piperidine rings is 1. The van der Waals surface area contributed by atoms with E-state index in [2.05, 4.69) is 24.3 Å². The summed E-state index contributed by atoms with van der Waals surface area (Å²) < 4.78 is 19.5. The Morgan fingerprint density at radius 1 is 0.811 bits per heavy atom.